The Morgan fingerprint density at radius 1 is 1.48 bits per heavy atom. The maximum absolute atomic E-state index is 12.1. The molecule has 1 atom stereocenters. The molecular weight excluding hydrogens is 357 g/mol. The van der Waals surface area contributed by atoms with Crippen molar-refractivity contribution in [3.63, 3.8) is 0 Å². The molecule has 0 saturated heterocycles. The van der Waals surface area contributed by atoms with Crippen molar-refractivity contribution >= 4 is 21.8 Å². The molecule has 0 aliphatic heterocycles. The van der Waals surface area contributed by atoms with E-state index in [1.165, 1.54) is 12.1 Å². The summed E-state index contributed by atoms with van der Waals surface area (Å²) in [4.78, 5) is 11.5. The summed E-state index contributed by atoms with van der Waals surface area (Å²) in [6.45, 7) is 1.86. The van der Waals surface area contributed by atoms with Gasteiger partial charge in [0.15, 0.2) is 6.10 Å². The molecule has 0 fully saturated rings. The van der Waals surface area contributed by atoms with E-state index in [4.69, 9.17) is 10.6 Å². The predicted molar refractivity (Wildman–Crippen MR) is 72.5 cm³/mol. The Bertz CT molecular complexity index is 497. The molecule has 1 aromatic carbocycles. The topological polar surface area (TPSA) is 73.6 Å². The second-order valence-corrected chi connectivity index (χ2v) is 4.90. The summed E-state index contributed by atoms with van der Waals surface area (Å²) in [5.41, 5.74) is 1.98. The van der Waals surface area contributed by atoms with Gasteiger partial charge in [-0.2, -0.15) is 0 Å². The first-order chi connectivity index (χ1) is 9.76. The average molecular weight is 371 g/mol. The SMILES string of the molecule is CCCC(Oc1ccc(OC(F)(F)F)c(Br)c1)C(=O)NN. The van der Waals surface area contributed by atoms with E-state index in [0.29, 0.717) is 12.8 Å². The minimum Gasteiger partial charge on any atom is -0.481 e. The van der Waals surface area contributed by atoms with Crippen LogP contribution in [0.25, 0.3) is 0 Å². The number of amides is 1. The van der Waals surface area contributed by atoms with E-state index in [2.05, 4.69) is 20.7 Å². The smallest absolute Gasteiger partial charge is 0.481 e. The van der Waals surface area contributed by atoms with E-state index in [0.717, 1.165) is 6.07 Å². The van der Waals surface area contributed by atoms with Gasteiger partial charge in [0.1, 0.15) is 11.5 Å². The van der Waals surface area contributed by atoms with Crippen LogP contribution in [0.3, 0.4) is 0 Å². The fourth-order valence-corrected chi connectivity index (χ4v) is 1.96. The summed E-state index contributed by atoms with van der Waals surface area (Å²) < 4.78 is 45.7. The number of halogens is 4. The lowest BCUT2D eigenvalue weighted by molar-refractivity contribution is -0.274. The van der Waals surface area contributed by atoms with Crippen molar-refractivity contribution in [3.8, 4) is 11.5 Å². The Hall–Kier alpha value is -1.48. The number of nitrogens with one attached hydrogen (secondary N) is 1. The number of carbonyl (C=O) groups excluding carboxylic acids is 1. The third kappa shape index (κ3) is 5.80. The minimum absolute atomic E-state index is 0.0562. The lowest BCUT2D eigenvalue weighted by atomic mass is 10.2. The second kappa shape index (κ2) is 7.51. The number of hydrogen-bond acceptors (Lipinski definition) is 4. The van der Waals surface area contributed by atoms with Gasteiger partial charge in [-0.1, -0.05) is 13.3 Å². The van der Waals surface area contributed by atoms with Crippen molar-refractivity contribution in [3.05, 3.63) is 22.7 Å². The van der Waals surface area contributed by atoms with Gasteiger partial charge in [0, 0.05) is 0 Å². The highest BCUT2D eigenvalue weighted by Crippen LogP contribution is 2.33. The molecule has 1 rings (SSSR count). The number of hydrogen-bond donors (Lipinski definition) is 2. The van der Waals surface area contributed by atoms with Crippen LogP contribution in [0.4, 0.5) is 13.2 Å². The van der Waals surface area contributed by atoms with E-state index in [1.54, 1.807) is 0 Å². The molecule has 1 unspecified atom stereocenters. The molecule has 1 aromatic rings. The fraction of sp³-hybridized carbons (Fsp3) is 0.417. The highest BCUT2D eigenvalue weighted by molar-refractivity contribution is 9.10. The highest BCUT2D eigenvalue weighted by atomic mass is 79.9. The summed E-state index contributed by atoms with van der Waals surface area (Å²) >= 11 is 2.95. The lowest BCUT2D eigenvalue weighted by Crippen LogP contribution is -2.42. The molecule has 9 heteroatoms. The largest absolute Gasteiger partial charge is 0.573 e. The molecule has 0 bridgehead atoms. The number of carbonyl (C=O) groups is 1. The van der Waals surface area contributed by atoms with Crippen LogP contribution in [0.5, 0.6) is 11.5 Å². The van der Waals surface area contributed by atoms with Gasteiger partial charge in [0.2, 0.25) is 0 Å². The van der Waals surface area contributed by atoms with Crippen molar-refractivity contribution in [1.82, 2.24) is 5.43 Å². The molecule has 0 aliphatic rings. The Morgan fingerprint density at radius 3 is 2.62 bits per heavy atom. The van der Waals surface area contributed by atoms with Crippen LogP contribution in [-0.2, 0) is 4.79 Å². The first-order valence-corrected chi connectivity index (χ1v) is 6.78. The van der Waals surface area contributed by atoms with Gasteiger partial charge in [-0.3, -0.25) is 10.2 Å². The third-order valence-electron chi connectivity index (χ3n) is 2.39. The number of nitrogens with two attached hydrogens (primary N) is 1. The van der Waals surface area contributed by atoms with Crippen molar-refractivity contribution < 1.29 is 27.4 Å². The van der Waals surface area contributed by atoms with Crippen LogP contribution in [0.2, 0.25) is 0 Å². The quantitative estimate of drug-likeness (QED) is 0.458. The number of benzene rings is 1. The lowest BCUT2D eigenvalue weighted by Gasteiger charge is -2.18. The van der Waals surface area contributed by atoms with Gasteiger partial charge in [0.25, 0.3) is 5.91 Å². The fourth-order valence-electron chi connectivity index (χ4n) is 1.53. The van der Waals surface area contributed by atoms with Crippen molar-refractivity contribution in [2.24, 2.45) is 5.84 Å². The van der Waals surface area contributed by atoms with Crippen LogP contribution in [0.1, 0.15) is 19.8 Å². The van der Waals surface area contributed by atoms with E-state index < -0.39 is 24.1 Å². The van der Waals surface area contributed by atoms with Crippen molar-refractivity contribution in [2.45, 2.75) is 32.2 Å². The van der Waals surface area contributed by atoms with Crippen LogP contribution >= 0.6 is 15.9 Å². The molecule has 0 aromatic heterocycles. The van der Waals surface area contributed by atoms with E-state index in [9.17, 15) is 18.0 Å². The molecule has 3 N–H and O–H groups in total. The number of rotatable bonds is 6. The van der Waals surface area contributed by atoms with Gasteiger partial charge in [0.05, 0.1) is 4.47 Å². The zero-order valence-electron chi connectivity index (χ0n) is 11.0. The molecule has 0 spiro atoms. The highest BCUT2D eigenvalue weighted by Gasteiger charge is 2.32. The monoisotopic (exact) mass is 370 g/mol. The zero-order chi connectivity index (χ0) is 16.0. The van der Waals surface area contributed by atoms with E-state index in [1.807, 2.05) is 12.3 Å². The van der Waals surface area contributed by atoms with E-state index >= 15 is 0 Å². The molecule has 0 saturated carbocycles. The maximum Gasteiger partial charge on any atom is 0.573 e. The Morgan fingerprint density at radius 2 is 2.14 bits per heavy atom. The minimum atomic E-state index is -4.78. The third-order valence-corrected chi connectivity index (χ3v) is 3.01. The number of hydrazine groups is 1. The summed E-state index contributed by atoms with van der Waals surface area (Å²) in [7, 11) is 0. The van der Waals surface area contributed by atoms with E-state index in [-0.39, 0.29) is 10.2 Å². The Kier molecular flexibility index (Phi) is 6.28. The molecule has 21 heavy (non-hydrogen) atoms. The van der Waals surface area contributed by atoms with Crippen molar-refractivity contribution in [1.29, 1.82) is 0 Å². The zero-order valence-corrected chi connectivity index (χ0v) is 12.6. The summed E-state index contributed by atoms with van der Waals surface area (Å²) in [6.07, 6.45) is -4.51. The second-order valence-electron chi connectivity index (χ2n) is 4.04. The Balaban J connectivity index is 2.85. The molecule has 0 heterocycles. The van der Waals surface area contributed by atoms with Gasteiger partial charge in [-0.05, 0) is 40.5 Å². The van der Waals surface area contributed by atoms with Gasteiger partial charge in [-0.15, -0.1) is 13.2 Å². The normalized spacial score (nSPS) is 12.7. The molecular formula is C12H14BrF3N2O3. The van der Waals surface area contributed by atoms with Gasteiger partial charge < -0.3 is 9.47 Å². The Labute approximate surface area is 127 Å². The number of ether oxygens (including phenoxy) is 2. The molecule has 0 aliphatic carbocycles. The van der Waals surface area contributed by atoms with Crippen LogP contribution in [0, 0.1) is 0 Å². The number of alkyl halides is 3. The molecule has 118 valence electrons. The summed E-state index contributed by atoms with van der Waals surface area (Å²) in [5.74, 6) is 4.36. The first-order valence-electron chi connectivity index (χ1n) is 5.99. The standard InChI is InChI=1S/C12H14BrF3N2O3/c1-2-3-10(11(19)18-17)20-7-4-5-9(8(13)6-7)21-12(14,15)16/h4-6,10H,2-3,17H2,1H3,(H,18,19). The molecule has 5 nitrogen and oxygen atoms in total. The summed E-state index contributed by atoms with van der Waals surface area (Å²) in [5, 5.41) is 0. The summed E-state index contributed by atoms with van der Waals surface area (Å²) in [6, 6.07) is 3.65. The predicted octanol–water partition coefficient (Wildman–Crippen LogP) is 2.89. The van der Waals surface area contributed by atoms with Crippen LogP contribution < -0.4 is 20.7 Å². The van der Waals surface area contributed by atoms with Gasteiger partial charge >= 0.3 is 6.36 Å². The van der Waals surface area contributed by atoms with Crippen molar-refractivity contribution in [2.75, 3.05) is 0 Å². The first kappa shape index (κ1) is 17.6. The molecule has 1 amide bonds. The maximum atomic E-state index is 12.1. The van der Waals surface area contributed by atoms with Crippen LogP contribution in [-0.4, -0.2) is 18.4 Å². The van der Waals surface area contributed by atoms with Gasteiger partial charge in [-0.25, -0.2) is 5.84 Å². The average Bonchev–Trinajstić information content (AvgIpc) is 2.39. The molecule has 0 radical (unpaired) electrons. The van der Waals surface area contributed by atoms with Crippen LogP contribution in [0.15, 0.2) is 22.7 Å².